The van der Waals surface area contributed by atoms with Crippen LogP contribution in [0.4, 0.5) is 0 Å². The van der Waals surface area contributed by atoms with E-state index in [0.29, 0.717) is 12.4 Å². The van der Waals surface area contributed by atoms with Crippen LogP contribution in [0.1, 0.15) is 28.7 Å². The molecule has 0 heterocycles. The number of hydrogen-bond donors (Lipinski definition) is 2. The van der Waals surface area contributed by atoms with Gasteiger partial charge >= 0.3 is 0 Å². The van der Waals surface area contributed by atoms with Crippen LogP contribution >= 0.6 is 0 Å². The number of rotatable bonds is 19. The topological polar surface area (TPSA) is 95.5 Å². The van der Waals surface area contributed by atoms with E-state index in [1.54, 1.807) is 0 Å². The summed E-state index contributed by atoms with van der Waals surface area (Å²) in [6, 6.07) is 47.6. The zero-order valence-electron chi connectivity index (χ0n) is 29.2. The molecule has 6 rings (SSSR count). The Kier molecular flexibility index (Phi) is 13.7. The summed E-state index contributed by atoms with van der Waals surface area (Å²) in [5, 5.41) is 16.3. The van der Waals surface area contributed by atoms with E-state index in [9.17, 15) is 9.90 Å². The summed E-state index contributed by atoms with van der Waals surface area (Å²) in [6.07, 6.45) is -1.28. The van der Waals surface area contributed by atoms with E-state index in [4.69, 9.17) is 23.7 Å². The van der Waals surface area contributed by atoms with E-state index >= 15 is 0 Å². The Morgan fingerprint density at radius 3 is 1.56 bits per heavy atom. The Hall–Kier alpha value is -4.67. The zero-order chi connectivity index (χ0) is 35.9. The number of hydrogen-bond acceptors (Lipinski definition) is 8. The molecule has 0 unspecified atom stereocenters. The van der Waals surface area contributed by atoms with Crippen LogP contribution in [0.15, 0.2) is 152 Å². The van der Waals surface area contributed by atoms with Crippen LogP contribution in [0.5, 0.6) is 5.75 Å². The van der Waals surface area contributed by atoms with E-state index in [0.717, 1.165) is 28.5 Å². The van der Waals surface area contributed by atoms with Crippen LogP contribution in [-0.2, 0) is 50.2 Å². The Labute approximate surface area is 306 Å². The summed E-state index contributed by atoms with van der Waals surface area (Å²) in [7, 11) is 0. The van der Waals surface area contributed by atoms with Crippen molar-refractivity contribution in [1.29, 1.82) is 0 Å². The average Bonchev–Trinajstić information content (AvgIpc) is 3.20. The number of benzene rings is 5. The normalized spacial score (nSPS) is 22.0. The Bertz CT molecular complexity index is 1730. The molecule has 2 N–H and O–H groups in total. The molecule has 0 saturated heterocycles. The van der Waals surface area contributed by atoms with Crippen molar-refractivity contribution in [2.75, 3.05) is 13.2 Å². The minimum absolute atomic E-state index is 0.0393. The van der Waals surface area contributed by atoms with Crippen LogP contribution < -0.4 is 10.1 Å². The van der Waals surface area contributed by atoms with Gasteiger partial charge in [0.15, 0.2) is 0 Å². The molecule has 52 heavy (non-hydrogen) atoms. The molecule has 8 heteroatoms. The second-order valence-corrected chi connectivity index (χ2v) is 13.2. The highest BCUT2D eigenvalue weighted by Gasteiger charge is 2.55. The first-order valence-electron chi connectivity index (χ1n) is 17.8. The fourth-order valence-corrected chi connectivity index (χ4v) is 6.58. The van der Waals surface area contributed by atoms with Crippen LogP contribution in [0.2, 0.25) is 0 Å². The van der Waals surface area contributed by atoms with Crippen molar-refractivity contribution in [2.45, 2.75) is 68.8 Å². The number of carbonyl (C=O) groups is 1. The summed E-state index contributed by atoms with van der Waals surface area (Å²) in [5.74, 6) is 0.654. The summed E-state index contributed by atoms with van der Waals surface area (Å²) >= 11 is 0. The predicted octanol–water partition coefficient (Wildman–Crippen LogP) is 6.70. The monoisotopic (exact) mass is 701 g/mol. The minimum Gasteiger partial charge on any atom is -0.492 e. The van der Waals surface area contributed by atoms with E-state index in [1.807, 2.05) is 152 Å². The number of aldehydes is 1. The number of para-hydroxylation sites is 1. The van der Waals surface area contributed by atoms with E-state index < -0.39 is 36.0 Å². The first kappa shape index (κ1) is 37.1. The van der Waals surface area contributed by atoms with Crippen molar-refractivity contribution in [3.8, 4) is 5.75 Å². The highest BCUT2D eigenvalue weighted by Crippen LogP contribution is 2.37. The van der Waals surface area contributed by atoms with Gasteiger partial charge in [-0.3, -0.25) is 5.32 Å². The SMILES string of the molecule is O=C[C@@H](COc1ccccc1)N[C@H]1C[C@](O)(COCc2ccccc2)[C@@H](OCc2ccccc2)[C@H](OCc2ccccc2)[C@H]1OCc1ccccc1. The lowest BCUT2D eigenvalue weighted by Crippen LogP contribution is -2.70. The molecule has 5 aromatic carbocycles. The van der Waals surface area contributed by atoms with Crippen molar-refractivity contribution in [3.63, 3.8) is 0 Å². The number of carbonyl (C=O) groups excluding carboxylic acids is 1. The lowest BCUT2D eigenvalue weighted by molar-refractivity contribution is -0.256. The maximum Gasteiger partial charge on any atom is 0.140 e. The highest BCUT2D eigenvalue weighted by atomic mass is 16.6. The van der Waals surface area contributed by atoms with Crippen molar-refractivity contribution in [2.24, 2.45) is 0 Å². The third-order valence-corrected chi connectivity index (χ3v) is 9.19. The van der Waals surface area contributed by atoms with Crippen molar-refractivity contribution in [1.82, 2.24) is 5.32 Å². The zero-order valence-corrected chi connectivity index (χ0v) is 29.2. The molecule has 8 nitrogen and oxygen atoms in total. The largest absolute Gasteiger partial charge is 0.492 e. The van der Waals surface area contributed by atoms with Gasteiger partial charge in [-0.05, 0) is 40.8 Å². The smallest absolute Gasteiger partial charge is 0.140 e. The average molecular weight is 702 g/mol. The van der Waals surface area contributed by atoms with Crippen LogP contribution in [-0.4, -0.2) is 60.6 Å². The van der Waals surface area contributed by atoms with Crippen LogP contribution in [0.25, 0.3) is 0 Å². The number of aliphatic hydroxyl groups is 1. The fourth-order valence-electron chi connectivity index (χ4n) is 6.58. The maximum atomic E-state index is 12.8. The molecule has 1 aliphatic rings. The number of nitrogens with one attached hydrogen (secondary N) is 1. The predicted molar refractivity (Wildman–Crippen MR) is 199 cm³/mol. The van der Waals surface area contributed by atoms with Gasteiger partial charge in [-0.15, -0.1) is 0 Å². The Morgan fingerprint density at radius 1 is 0.615 bits per heavy atom. The highest BCUT2D eigenvalue weighted by molar-refractivity contribution is 5.58. The van der Waals surface area contributed by atoms with Gasteiger partial charge in [0.1, 0.15) is 42.6 Å². The first-order valence-corrected chi connectivity index (χ1v) is 17.8. The molecule has 270 valence electrons. The summed E-state index contributed by atoms with van der Waals surface area (Å²) in [6.45, 7) is 1.13. The molecular weight excluding hydrogens is 654 g/mol. The Morgan fingerprint density at radius 2 is 1.06 bits per heavy atom. The van der Waals surface area contributed by atoms with Crippen LogP contribution in [0, 0.1) is 0 Å². The molecule has 0 spiro atoms. The molecule has 0 bridgehead atoms. The van der Waals surface area contributed by atoms with Gasteiger partial charge in [-0.2, -0.15) is 0 Å². The molecule has 0 radical (unpaired) electrons. The molecular formula is C44H47NO7. The molecule has 5 aromatic rings. The van der Waals surface area contributed by atoms with Gasteiger partial charge in [0.05, 0.1) is 39.1 Å². The lowest BCUT2D eigenvalue weighted by Gasteiger charge is -2.51. The second-order valence-electron chi connectivity index (χ2n) is 13.2. The molecule has 0 aliphatic heterocycles. The molecule has 1 fully saturated rings. The second kappa shape index (κ2) is 19.2. The molecule has 6 atom stereocenters. The molecule has 1 saturated carbocycles. The van der Waals surface area contributed by atoms with Crippen molar-refractivity contribution >= 4 is 6.29 Å². The fraction of sp³-hybridized carbons (Fsp3) is 0.295. The van der Waals surface area contributed by atoms with Gasteiger partial charge in [-0.25, -0.2) is 0 Å². The maximum absolute atomic E-state index is 12.8. The van der Waals surface area contributed by atoms with Gasteiger partial charge < -0.3 is 33.6 Å². The summed E-state index contributed by atoms with van der Waals surface area (Å²) in [4.78, 5) is 12.6. The van der Waals surface area contributed by atoms with Gasteiger partial charge in [0, 0.05) is 6.04 Å². The third kappa shape index (κ3) is 10.7. The summed E-state index contributed by atoms with van der Waals surface area (Å²) in [5.41, 5.74) is 2.35. The van der Waals surface area contributed by atoms with E-state index in [1.165, 1.54) is 0 Å². The standard InChI is InChI=1S/C44H47NO7/c46-27-38(32-49-39-24-14-5-15-25-39)45-40-26-44(47,33-48-28-34-16-6-1-7-17-34)43(52-31-37-22-12-4-13-23-37)42(51-30-36-20-10-3-11-21-36)41(40)50-29-35-18-8-2-9-19-35/h1-25,27,38,40-43,45,47H,26,28-33H2/t38-,40-,41-,42+,43-,44-/m0/s1. The minimum atomic E-state index is -1.54. The molecule has 0 aromatic heterocycles. The van der Waals surface area contributed by atoms with Crippen LogP contribution in [0.3, 0.4) is 0 Å². The third-order valence-electron chi connectivity index (χ3n) is 9.19. The lowest BCUT2D eigenvalue weighted by atomic mass is 9.75. The quantitative estimate of drug-likeness (QED) is 0.0920. The number of ether oxygens (including phenoxy) is 5. The first-order chi connectivity index (χ1) is 25.6. The Balaban J connectivity index is 1.33. The summed E-state index contributed by atoms with van der Waals surface area (Å²) < 4.78 is 32.5. The van der Waals surface area contributed by atoms with E-state index in [2.05, 4.69) is 5.32 Å². The van der Waals surface area contributed by atoms with Gasteiger partial charge in [-0.1, -0.05) is 140 Å². The van der Waals surface area contributed by atoms with Gasteiger partial charge in [0.2, 0.25) is 0 Å². The van der Waals surface area contributed by atoms with E-state index in [-0.39, 0.29) is 39.5 Å². The van der Waals surface area contributed by atoms with Crippen molar-refractivity contribution < 1.29 is 33.6 Å². The van der Waals surface area contributed by atoms with Gasteiger partial charge in [0.25, 0.3) is 0 Å². The molecule has 1 aliphatic carbocycles. The molecule has 0 amide bonds. The van der Waals surface area contributed by atoms with Crippen molar-refractivity contribution in [3.05, 3.63) is 174 Å².